The summed E-state index contributed by atoms with van der Waals surface area (Å²) in [5, 5.41) is 0. The van der Waals surface area contributed by atoms with Gasteiger partial charge >= 0.3 is 0 Å². The van der Waals surface area contributed by atoms with Gasteiger partial charge in [-0.15, -0.1) is 0 Å². The van der Waals surface area contributed by atoms with Crippen LogP contribution in [0.1, 0.15) is 18.3 Å². The number of hydrogen-bond acceptors (Lipinski definition) is 2. The first-order valence-electron chi connectivity index (χ1n) is 4.16. The maximum atomic E-state index is 5.27. The van der Waals surface area contributed by atoms with Crippen LogP contribution < -0.4 is 0 Å². The number of aromatic nitrogens is 2. The molecule has 3 heteroatoms. The molecular weight excluding hydrogens is 164 g/mol. The third kappa shape index (κ3) is 1.80. The van der Waals surface area contributed by atoms with Crippen LogP contribution in [0.25, 0.3) is 11.8 Å². The molecule has 0 saturated carbocycles. The molecule has 0 bridgehead atoms. The fourth-order valence-corrected chi connectivity index (χ4v) is 1.14. The van der Waals surface area contributed by atoms with Gasteiger partial charge in [-0.25, -0.2) is 4.98 Å². The summed E-state index contributed by atoms with van der Waals surface area (Å²) < 4.78 is 7.15. The molecule has 3 nitrogen and oxygen atoms in total. The van der Waals surface area contributed by atoms with E-state index in [1.807, 2.05) is 18.5 Å². The normalized spacial score (nSPS) is 9.69. The Bertz CT molecular complexity index is 326. The molecule has 0 aliphatic rings. The third-order valence-electron chi connectivity index (χ3n) is 1.76. The van der Waals surface area contributed by atoms with E-state index in [0.29, 0.717) is 12.4 Å². The lowest BCUT2D eigenvalue weighted by molar-refractivity contribution is 0.298. The third-order valence-corrected chi connectivity index (χ3v) is 1.76. The van der Waals surface area contributed by atoms with Crippen molar-refractivity contribution in [2.24, 2.45) is 7.05 Å². The molecule has 0 aliphatic heterocycles. The first-order chi connectivity index (χ1) is 6.20. The molecule has 0 unspecified atom stereocenters. The summed E-state index contributed by atoms with van der Waals surface area (Å²) in [5.74, 6) is 0.595. The highest BCUT2D eigenvalue weighted by Gasteiger charge is 2.09. The summed E-state index contributed by atoms with van der Waals surface area (Å²) in [4.78, 5) is 4.17. The number of rotatable bonds is 4. The maximum Gasteiger partial charge on any atom is 0.139 e. The van der Waals surface area contributed by atoms with Crippen molar-refractivity contribution in [2.45, 2.75) is 6.92 Å². The molecule has 0 aliphatic carbocycles. The molecule has 0 atom stereocenters. The summed E-state index contributed by atoms with van der Waals surface area (Å²) in [6.07, 6.45) is 3.46. The van der Waals surface area contributed by atoms with Crippen LogP contribution in [0.2, 0.25) is 0 Å². The van der Waals surface area contributed by atoms with Crippen molar-refractivity contribution in [3.05, 3.63) is 30.9 Å². The Morgan fingerprint density at radius 3 is 3.00 bits per heavy atom. The summed E-state index contributed by atoms with van der Waals surface area (Å²) in [6, 6.07) is 0. The van der Waals surface area contributed by atoms with Gasteiger partial charge in [0.2, 0.25) is 0 Å². The van der Waals surface area contributed by atoms with Gasteiger partial charge in [-0.05, 0) is 13.0 Å². The molecular formula is C10H14N2O. The lowest BCUT2D eigenvalue weighted by atomic mass is 10.3. The van der Waals surface area contributed by atoms with Crippen LogP contribution in [-0.2, 0) is 11.8 Å². The standard InChI is InChI=1S/C10H14N2O/c1-5-9-10(8(3)13-6-2)11-7-12(9)4/h5,7H,1,3,6H2,2,4H3. The quantitative estimate of drug-likeness (QED) is 0.660. The van der Waals surface area contributed by atoms with E-state index in [-0.39, 0.29) is 0 Å². The second-order valence-electron chi connectivity index (χ2n) is 2.65. The van der Waals surface area contributed by atoms with Crippen LogP contribution in [0, 0.1) is 0 Å². The molecule has 0 fully saturated rings. The average Bonchev–Trinajstić information content (AvgIpc) is 2.47. The largest absolute Gasteiger partial charge is 0.492 e. The van der Waals surface area contributed by atoms with Crippen molar-refractivity contribution in [1.29, 1.82) is 0 Å². The number of hydrogen-bond donors (Lipinski definition) is 0. The molecule has 0 saturated heterocycles. The van der Waals surface area contributed by atoms with Crippen LogP contribution >= 0.6 is 0 Å². The van der Waals surface area contributed by atoms with Gasteiger partial charge in [0.25, 0.3) is 0 Å². The van der Waals surface area contributed by atoms with E-state index < -0.39 is 0 Å². The molecule has 0 spiro atoms. The second-order valence-corrected chi connectivity index (χ2v) is 2.65. The van der Waals surface area contributed by atoms with E-state index in [1.165, 1.54) is 0 Å². The Hall–Kier alpha value is -1.51. The van der Waals surface area contributed by atoms with Crippen molar-refractivity contribution in [3.8, 4) is 0 Å². The molecule has 1 heterocycles. The monoisotopic (exact) mass is 178 g/mol. The zero-order chi connectivity index (χ0) is 9.84. The van der Waals surface area contributed by atoms with Gasteiger partial charge in [0.15, 0.2) is 0 Å². The first-order valence-corrected chi connectivity index (χ1v) is 4.16. The zero-order valence-corrected chi connectivity index (χ0v) is 8.08. The van der Waals surface area contributed by atoms with Crippen molar-refractivity contribution < 1.29 is 4.74 Å². The topological polar surface area (TPSA) is 27.1 Å². The Morgan fingerprint density at radius 2 is 2.46 bits per heavy atom. The summed E-state index contributed by atoms with van der Waals surface area (Å²) in [5.41, 5.74) is 1.69. The molecule has 0 amide bonds. The average molecular weight is 178 g/mol. The minimum atomic E-state index is 0.595. The van der Waals surface area contributed by atoms with Gasteiger partial charge < -0.3 is 9.30 Å². The number of nitrogens with zero attached hydrogens (tertiary/aromatic N) is 2. The van der Waals surface area contributed by atoms with Gasteiger partial charge in [0.05, 0.1) is 18.6 Å². The van der Waals surface area contributed by atoms with Gasteiger partial charge in [-0.3, -0.25) is 0 Å². The van der Waals surface area contributed by atoms with Crippen LogP contribution in [0.15, 0.2) is 19.5 Å². The van der Waals surface area contributed by atoms with E-state index in [1.54, 1.807) is 12.4 Å². The predicted molar refractivity (Wildman–Crippen MR) is 54.0 cm³/mol. The molecule has 1 aromatic heterocycles. The highest BCUT2D eigenvalue weighted by atomic mass is 16.5. The van der Waals surface area contributed by atoms with E-state index in [0.717, 1.165) is 11.4 Å². The van der Waals surface area contributed by atoms with Gasteiger partial charge in [-0.2, -0.15) is 0 Å². The Balaban J connectivity index is 3.00. The highest BCUT2D eigenvalue weighted by molar-refractivity contribution is 5.64. The van der Waals surface area contributed by atoms with E-state index in [2.05, 4.69) is 18.1 Å². The number of aryl methyl sites for hydroxylation is 1. The molecule has 13 heavy (non-hydrogen) atoms. The van der Waals surface area contributed by atoms with Crippen molar-refractivity contribution in [2.75, 3.05) is 6.61 Å². The van der Waals surface area contributed by atoms with Crippen LogP contribution in [0.3, 0.4) is 0 Å². The Morgan fingerprint density at radius 1 is 1.77 bits per heavy atom. The molecule has 1 aromatic rings. The lowest BCUT2D eigenvalue weighted by Crippen LogP contribution is -1.95. The molecule has 1 rings (SSSR count). The van der Waals surface area contributed by atoms with Gasteiger partial charge in [0.1, 0.15) is 11.5 Å². The van der Waals surface area contributed by atoms with Crippen LogP contribution in [0.5, 0.6) is 0 Å². The highest BCUT2D eigenvalue weighted by Crippen LogP contribution is 2.17. The van der Waals surface area contributed by atoms with E-state index in [4.69, 9.17) is 4.74 Å². The SMILES string of the molecule is C=Cc1c(C(=C)OCC)ncn1C. The van der Waals surface area contributed by atoms with Crippen LogP contribution in [-0.4, -0.2) is 16.2 Å². The number of imidazole rings is 1. The summed E-state index contributed by atoms with van der Waals surface area (Å²) in [6.45, 7) is 10.0. The van der Waals surface area contributed by atoms with Gasteiger partial charge in [-0.1, -0.05) is 13.2 Å². The molecule has 0 aromatic carbocycles. The zero-order valence-electron chi connectivity index (χ0n) is 8.08. The summed E-state index contributed by atoms with van der Waals surface area (Å²) in [7, 11) is 1.91. The molecule has 70 valence electrons. The van der Waals surface area contributed by atoms with Crippen LogP contribution in [0.4, 0.5) is 0 Å². The minimum Gasteiger partial charge on any atom is -0.492 e. The predicted octanol–water partition coefficient (Wildman–Crippen LogP) is 2.07. The van der Waals surface area contributed by atoms with Crippen molar-refractivity contribution >= 4 is 11.8 Å². The van der Waals surface area contributed by atoms with E-state index in [9.17, 15) is 0 Å². The first kappa shape index (κ1) is 9.58. The fraction of sp³-hybridized carbons (Fsp3) is 0.300. The van der Waals surface area contributed by atoms with Crippen molar-refractivity contribution in [3.63, 3.8) is 0 Å². The summed E-state index contributed by atoms with van der Waals surface area (Å²) >= 11 is 0. The van der Waals surface area contributed by atoms with Gasteiger partial charge in [0, 0.05) is 7.05 Å². The molecule has 0 radical (unpaired) electrons. The molecule has 0 N–H and O–H groups in total. The Labute approximate surface area is 78.4 Å². The van der Waals surface area contributed by atoms with Crippen molar-refractivity contribution in [1.82, 2.24) is 9.55 Å². The Kier molecular flexibility index (Phi) is 2.90. The number of ether oxygens (including phenoxy) is 1. The minimum absolute atomic E-state index is 0.595. The maximum absolute atomic E-state index is 5.27. The van der Waals surface area contributed by atoms with E-state index >= 15 is 0 Å². The smallest absolute Gasteiger partial charge is 0.139 e. The fourth-order valence-electron chi connectivity index (χ4n) is 1.14. The second kappa shape index (κ2) is 3.94. The lowest BCUT2D eigenvalue weighted by Gasteiger charge is -2.05.